The van der Waals surface area contributed by atoms with Gasteiger partial charge in [-0.25, -0.2) is 18.9 Å². The number of ether oxygens (including phenoxy) is 1. The molecule has 164 valence electrons. The molecule has 2 atom stereocenters. The van der Waals surface area contributed by atoms with E-state index < -0.39 is 24.1 Å². The second-order valence-corrected chi connectivity index (χ2v) is 7.19. The summed E-state index contributed by atoms with van der Waals surface area (Å²) in [6, 6.07) is 5.96. The lowest BCUT2D eigenvalue weighted by molar-refractivity contribution is -0.119. The first-order chi connectivity index (χ1) is 15.5. The molecule has 11 nitrogen and oxygen atoms in total. The van der Waals surface area contributed by atoms with E-state index >= 15 is 0 Å². The maximum Gasteiger partial charge on any atom is 0.414 e. The van der Waals surface area contributed by atoms with Gasteiger partial charge >= 0.3 is 6.09 Å². The van der Waals surface area contributed by atoms with Gasteiger partial charge in [-0.05, 0) is 18.2 Å². The molecule has 0 aliphatic carbocycles. The van der Waals surface area contributed by atoms with E-state index in [4.69, 9.17) is 10.00 Å². The van der Waals surface area contributed by atoms with E-state index in [2.05, 4.69) is 31.7 Å². The molecule has 3 aromatic rings. The zero-order chi connectivity index (χ0) is 22.7. The summed E-state index contributed by atoms with van der Waals surface area (Å²) in [5.41, 5.74) is 1.49. The number of benzene rings is 1. The number of rotatable bonds is 7. The van der Waals surface area contributed by atoms with E-state index in [-0.39, 0.29) is 36.7 Å². The summed E-state index contributed by atoms with van der Waals surface area (Å²) in [5.74, 6) is -0.821. The van der Waals surface area contributed by atoms with Gasteiger partial charge in [0.25, 0.3) is 0 Å². The number of anilines is 1. The monoisotopic (exact) mass is 438 g/mol. The Morgan fingerprint density at radius 1 is 1.50 bits per heavy atom. The third-order valence-corrected chi connectivity index (χ3v) is 4.99. The Hall–Kier alpha value is -4.27. The lowest BCUT2D eigenvalue weighted by Crippen LogP contribution is -2.33. The number of aromatic nitrogens is 5. The number of carbonyl (C=O) groups is 2. The number of amides is 2. The number of H-pyrrole nitrogens is 1. The Labute approximate surface area is 181 Å². The predicted molar refractivity (Wildman–Crippen MR) is 109 cm³/mol. The number of imidazole rings is 1. The summed E-state index contributed by atoms with van der Waals surface area (Å²) >= 11 is 0. The van der Waals surface area contributed by atoms with E-state index in [0.29, 0.717) is 11.4 Å². The number of aromatic amines is 1. The van der Waals surface area contributed by atoms with Crippen LogP contribution in [0.5, 0.6) is 0 Å². The van der Waals surface area contributed by atoms with Gasteiger partial charge < -0.3 is 15.0 Å². The molecule has 3 heterocycles. The van der Waals surface area contributed by atoms with Crippen LogP contribution in [-0.2, 0) is 9.53 Å². The summed E-state index contributed by atoms with van der Waals surface area (Å²) in [5, 5.41) is 19.8. The highest BCUT2D eigenvalue weighted by molar-refractivity contribution is 5.90. The van der Waals surface area contributed by atoms with Crippen molar-refractivity contribution in [2.24, 2.45) is 0 Å². The molecule has 4 rings (SSSR count). The standard InChI is InChI=1S/C20H19FN8O3/c1-12(30)24-7-14-9-28(20(31)32-14)13-2-3-15(16(21)6-13)18-10-29(27-26-18)19(4-5-22)17-8-23-11-25-17/h2-3,6,8,10-11,14,19H,4,7,9H2,1H3,(H,23,25)(H,24,30)/t14-,19?/m0/s1. The van der Waals surface area contributed by atoms with E-state index in [1.807, 2.05) is 0 Å². The van der Waals surface area contributed by atoms with Crippen molar-refractivity contribution in [1.82, 2.24) is 30.3 Å². The van der Waals surface area contributed by atoms with E-state index in [0.717, 1.165) is 0 Å². The fourth-order valence-corrected chi connectivity index (χ4v) is 3.41. The molecule has 1 aliphatic heterocycles. The average molecular weight is 438 g/mol. The van der Waals surface area contributed by atoms with E-state index in [1.54, 1.807) is 18.5 Å². The topological polar surface area (TPSA) is 142 Å². The number of cyclic esters (lactones) is 1. The molecule has 2 amide bonds. The molecule has 12 heteroatoms. The minimum Gasteiger partial charge on any atom is -0.442 e. The first-order valence-electron chi connectivity index (χ1n) is 9.76. The summed E-state index contributed by atoms with van der Waals surface area (Å²) in [7, 11) is 0. The normalized spacial score (nSPS) is 16.5. The number of hydrogen-bond acceptors (Lipinski definition) is 7. The van der Waals surface area contributed by atoms with Crippen LogP contribution in [0, 0.1) is 17.1 Å². The van der Waals surface area contributed by atoms with Crippen molar-refractivity contribution in [2.75, 3.05) is 18.0 Å². The smallest absolute Gasteiger partial charge is 0.414 e. The maximum absolute atomic E-state index is 14.9. The quantitative estimate of drug-likeness (QED) is 0.572. The number of nitrogens with one attached hydrogen (secondary N) is 2. The Balaban J connectivity index is 1.53. The second-order valence-electron chi connectivity index (χ2n) is 7.19. The molecule has 1 aliphatic rings. The van der Waals surface area contributed by atoms with Crippen LogP contribution in [0.1, 0.15) is 25.1 Å². The van der Waals surface area contributed by atoms with Crippen LogP contribution in [0.3, 0.4) is 0 Å². The second kappa shape index (κ2) is 8.84. The zero-order valence-electron chi connectivity index (χ0n) is 17.0. The molecular weight excluding hydrogens is 419 g/mol. The van der Waals surface area contributed by atoms with E-state index in [9.17, 15) is 14.0 Å². The minimum absolute atomic E-state index is 0.128. The molecule has 1 unspecified atom stereocenters. The summed E-state index contributed by atoms with van der Waals surface area (Å²) in [6.45, 7) is 1.74. The van der Waals surface area contributed by atoms with Gasteiger partial charge in [-0.3, -0.25) is 9.69 Å². The molecule has 0 spiro atoms. The van der Waals surface area contributed by atoms with Crippen molar-refractivity contribution in [3.05, 3.63) is 48.4 Å². The summed E-state index contributed by atoms with van der Waals surface area (Å²) in [4.78, 5) is 31.4. The van der Waals surface area contributed by atoms with Gasteiger partial charge in [-0.1, -0.05) is 5.21 Å². The molecule has 0 radical (unpaired) electrons. The van der Waals surface area contributed by atoms with Gasteiger partial charge in [0.1, 0.15) is 23.7 Å². The molecular formula is C20H19FN8O3. The van der Waals surface area contributed by atoms with Gasteiger partial charge in [0.15, 0.2) is 0 Å². The third kappa shape index (κ3) is 4.27. The molecule has 2 N–H and O–H groups in total. The fourth-order valence-electron chi connectivity index (χ4n) is 3.41. The molecule has 32 heavy (non-hydrogen) atoms. The van der Waals surface area contributed by atoms with Gasteiger partial charge in [-0.2, -0.15) is 5.26 Å². The van der Waals surface area contributed by atoms with Crippen LogP contribution in [0.15, 0.2) is 36.9 Å². The van der Waals surface area contributed by atoms with Crippen LogP contribution < -0.4 is 10.2 Å². The van der Waals surface area contributed by atoms with Crippen LogP contribution in [0.4, 0.5) is 14.9 Å². The Kier molecular flexibility index (Phi) is 5.80. The van der Waals surface area contributed by atoms with Gasteiger partial charge in [0.2, 0.25) is 5.91 Å². The van der Waals surface area contributed by atoms with Crippen molar-refractivity contribution in [3.63, 3.8) is 0 Å². The predicted octanol–water partition coefficient (Wildman–Crippen LogP) is 1.77. The van der Waals surface area contributed by atoms with Crippen molar-refractivity contribution >= 4 is 17.7 Å². The van der Waals surface area contributed by atoms with Crippen LogP contribution >= 0.6 is 0 Å². The van der Waals surface area contributed by atoms with Crippen molar-refractivity contribution < 1.29 is 18.7 Å². The van der Waals surface area contributed by atoms with Crippen molar-refractivity contribution in [3.8, 4) is 17.3 Å². The minimum atomic E-state index is -0.614. The fraction of sp³-hybridized carbons (Fsp3) is 0.300. The van der Waals surface area contributed by atoms with Gasteiger partial charge in [0.05, 0.1) is 55.7 Å². The molecule has 1 fully saturated rings. The molecule has 0 saturated carbocycles. The van der Waals surface area contributed by atoms with Crippen molar-refractivity contribution in [2.45, 2.75) is 25.5 Å². The van der Waals surface area contributed by atoms with Gasteiger partial charge in [0, 0.05) is 12.5 Å². The average Bonchev–Trinajstić information content (AvgIpc) is 3.52. The first kappa shape index (κ1) is 21.0. The lowest BCUT2D eigenvalue weighted by Gasteiger charge is -2.14. The van der Waals surface area contributed by atoms with Crippen molar-refractivity contribution in [1.29, 1.82) is 5.26 Å². The summed E-state index contributed by atoms with van der Waals surface area (Å²) < 4.78 is 21.6. The third-order valence-electron chi connectivity index (χ3n) is 4.99. The number of nitrogens with zero attached hydrogens (tertiary/aromatic N) is 6. The SMILES string of the molecule is CC(=O)NC[C@H]1CN(c2ccc(-c3cn(C(CC#N)c4cnc[nH]4)nn3)c(F)c2)C(=O)O1. The first-order valence-corrected chi connectivity index (χ1v) is 9.76. The number of halogens is 1. The molecule has 1 saturated heterocycles. The van der Waals surface area contributed by atoms with Crippen LogP contribution in [0.2, 0.25) is 0 Å². The highest BCUT2D eigenvalue weighted by Crippen LogP contribution is 2.29. The number of carbonyl (C=O) groups excluding carboxylic acids is 2. The Morgan fingerprint density at radius 3 is 3.03 bits per heavy atom. The maximum atomic E-state index is 14.9. The Bertz CT molecular complexity index is 1170. The van der Waals surface area contributed by atoms with Gasteiger partial charge in [-0.15, -0.1) is 5.10 Å². The lowest BCUT2D eigenvalue weighted by atomic mass is 10.1. The summed E-state index contributed by atoms with van der Waals surface area (Å²) in [6.07, 6.45) is 3.64. The van der Waals surface area contributed by atoms with Crippen LogP contribution in [-0.4, -0.2) is 56.2 Å². The number of hydrogen-bond donors (Lipinski definition) is 2. The highest BCUT2D eigenvalue weighted by atomic mass is 19.1. The molecule has 2 aromatic heterocycles. The molecule has 1 aromatic carbocycles. The van der Waals surface area contributed by atoms with E-state index in [1.165, 1.54) is 35.0 Å². The van der Waals surface area contributed by atoms with Crippen LogP contribution in [0.25, 0.3) is 11.3 Å². The number of nitriles is 1. The largest absolute Gasteiger partial charge is 0.442 e. The molecule has 0 bridgehead atoms. The Morgan fingerprint density at radius 2 is 2.34 bits per heavy atom. The highest BCUT2D eigenvalue weighted by Gasteiger charge is 2.33. The zero-order valence-corrected chi connectivity index (χ0v) is 17.0.